The van der Waals surface area contributed by atoms with E-state index >= 15 is 0 Å². The summed E-state index contributed by atoms with van der Waals surface area (Å²) >= 11 is 0. The van der Waals surface area contributed by atoms with Crippen LogP contribution in [0.1, 0.15) is 25.7 Å². The van der Waals surface area contributed by atoms with Gasteiger partial charge < -0.3 is 15.4 Å². The van der Waals surface area contributed by atoms with Gasteiger partial charge in [0.1, 0.15) is 11.3 Å². The zero-order valence-corrected chi connectivity index (χ0v) is 12.3. The molecule has 1 aliphatic carbocycles. The van der Waals surface area contributed by atoms with Gasteiger partial charge in [-0.2, -0.15) is 5.26 Å². The molecule has 2 atom stereocenters. The molecule has 0 aliphatic heterocycles. The molecule has 20 heavy (non-hydrogen) atoms. The standard InChI is InChI=1S/C16H23N3O/c1-19(14-7-3-4-8-15(14)20-2)11-9-13-6-5-10-16(13,18)12-17/h3-4,7-8,13H,5-6,9-11,18H2,1-2H3. The molecular formula is C16H23N3O. The second kappa shape index (κ2) is 6.15. The molecule has 0 radical (unpaired) electrons. The van der Waals surface area contributed by atoms with Crippen LogP contribution in [-0.4, -0.2) is 26.2 Å². The SMILES string of the molecule is COc1ccccc1N(C)CCC1CCCC1(N)C#N. The molecule has 1 aliphatic rings. The van der Waals surface area contributed by atoms with Crippen LogP contribution in [-0.2, 0) is 0 Å². The Labute approximate surface area is 121 Å². The molecular weight excluding hydrogens is 250 g/mol. The first kappa shape index (κ1) is 14.7. The molecule has 1 fully saturated rings. The number of para-hydroxylation sites is 2. The highest BCUT2D eigenvalue weighted by atomic mass is 16.5. The average molecular weight is 273 g/mol. The van der Waals surface area contributed by atoms with E-state index in [4.69, 9.17) is 10.5 Å². The van der Waals surface area contributed by atoms with Gasteiger partial charge in [-0.3, -0.25) is 0 Å². The topological polar surface area (TPSA) is 62.3 Å². The van der Waals surface area contributed by atoms with Crippen LogP contribution in [0.2, 0.25) is 0 Å². The number of rotatable bonds is 5. The Morgan fingerprint density at radius 2 is 2.25 bits per heavy atom. The van der Waals surface area contributed by atoms with E-state index in [2.05, 4.69) is 18.0 Å². The molecule has 1 aromatic rings. The van der Waals surface area contributed by atoms with Gasteiger partial charge in [0.15, 0.2) is 0 Å². The summed E-state index contributed by atoms with van der Waals surface area (Å²) in [5.41, 5.74) is 6.63. The second-order valence-corrected chi connectivity index (χ2v) is 5.62. The van der Waals surface area contributed by atoms with Crippen molar-refractivity contribution < 1.29 is 4.74 Å². The number of benzene rings is 1. The van der Waals surface area contributed by atoms with E-state index in [1.165, 1.54) is 0 Å². The molecule has 4 heteroatoms. The van der Waals surface area contributed by atoms with Crippen molar-refractivity contribution in [1.82, 2.24) is 0 Å². The maximum absolute atomic E-state index is 9.25. The predicted molar refractivity (Wildman–Crippen MR) is 80.8 cm³/mol. The number of nitriles is 1. The summed E-state index contributed by atoms with van der Waals surface area (Å²) in [5.74, 6) is 1.17. The minimum atomic E-state index is -0.623. The maximum Gasteiger partial charge on any atom is 0.142 e. The van der Waals surface area contributed by atoms with Crippen LogP contribution >= 0.6 is 0 Å². The highest BCUT2D eigenvalue weighted by molar-refractivity contribution is 5.57. The molecule has 0 spiro atoms. The molecule has 108 valence electrons. The number of nitrogens with two attached hydrogens (primary N) is 1. The van der Waals surface area contributed by atoms with Crippen molar-refractivity contribution in [2.75, 3.05) is 25.6 Å². The van der Waals surface area contributed by atoms with Crippen LogP contribution in [0.4, 0.5) is 5.69 Å². The van der Waals surface area contributed by atoms with Gasteiger partial charge in [0.2, 0.25) is 0 Å². The Morgan fingerprint density at radius 3 is 2.95 bits per heavy atom. The van der Waals surface area contributed by atoms with Gasteiger partial charge in [0, 0.05) is 13.6 Å². The van der Waals surface area contributed by atoms with E-state index in [0.717, 1.165) is 43.7 Å². The number of hydrogen-bond donors (Lipinski definition) is 1. The third kappa shape index (κ3) is 2.88. The van der Waals surface area contributed by atoms with Gasteiger partial charge in [-0.15, -0.1) is 0 Å². The largest absolute Gasteiger partial charge is 0.495 e. The Kier molecular flexibility index (Phi) is 4.51. The lowest BCUT2D eigenvalue weighted by atomic mass is 9.87. The van der Waals surface area contributed by atoms with E-state index in [-0.39, 0.29) is 0 Å². The third-order valence-electron chi connectivity index (χ3n) is 4.39. The second-order valence-electron chi connectivity index (χ2n) is 5.62. The van der Waals surface area contributed by atoms with Gasteiger partial charge in [0.25, 0.3) is 0 Å². The lowest BCUT2D eigenvalue weighted by molar-refractivity contribution is 0.374. The molecule has 2 rings (SSSR count). The molecule has 0 heterocycles. The van der Waals surface area contributed by atoms with Gasteiger partial charge in [0.05, 0.1) is 18.9 Å². The van der Waals surface area contributed by atoms with Crippen molar-refractivity contribution in [3.63, 3.8) is 0 Å². The van der Waals surface area contributed by atoms with Crippen LogP contribution in [0.3, 0.4) is 0 Å². The average Bonchev–Trinajstić information content (AvgIpc) is 2.86. The van der Waals surface area contributed by atoms with Crippen LogP contribution in [0.5, 0.6) is 5.75 Å². The van der Waals surface area contributed by atoms with Crippen molar-refractivity contribution in [2.24, 2.45) is 11.7 Å². The molecule has 1 aromatic carbocycles. The minimum Gasteiger partial charge on any atom is -0.495 e. The van der Waals surface area contributed by atoms with E-state index < -0.39 is 5.54 Å². The Bertz CT molecular complexity index is 497. The van der Waals surface area contributed by atoms with Crippen LogP contribution in [0.25, 0.3) is 0 Å². The quantitative estimate of drug-likeness (QED) is 0.895. The molecule has 0 aromatic heterocycles. The van der Waals surface area contributed by atoms with Gasteiger partial charge in [-0.1, -0.05) is 18.6 Å². The normalized spacial score (nSPS) is 25.2. The first-order valence-corrected chi connectivity index (χ1v) is 7.15. The molecule has 2 N–H and O–H groups in total. The van der Waals surface area contributed by atoms with Crippen molar-refractivity contribution >= 4 is 5.69 Å². The zero-order valence-electron chi connectivity index (χ0n) is 12.3. The summed E-state index contributed by atoms with van der Waals surface area (Å²) in [4.78, 5) is 2.18. The van der Waals surface area contributed by atoms with E-state index in [9.17, 15) is 5.26 Å². The van der Waals surface area contributed by atoms with Crippen molar-refractivity contribution in [3.05, 3.63) is 24.3 Å². The number of hydrogen-bond acceptors (Lipinski definition) is 4. The monoisotopic (exact) mass is 273 g/mol. The summed E-state index contributed by atoms with van der Waals surface area (Å²) in [6.07, 6.45) is 3.89. The zero-order chi connectivity index (χ0) is 14.6. The smallest absolute Gasteiger partial charge is 0.142 e. The van der Waals surface area contributed by atoms with Gasteiger partial charge in [-0.05, 0) is 37.3 Å². The molecule has 0 bridgehead atoms. The van der Waals surface area contributed by atoms with Gasteiger partial charge in [-0.25, -0.2) is 0 Å². The maximum atomic E-state index is 9.25. The fourth-order valence-corrected chi connectivity index (χ4v) is 3.07. The lowest BCUT2D eigenvalue weighted by Gasteiger charge is -2.27. The highest BCUT2D eigenvalue weighted by Gasteiger charge is 2.39. The summed E-state index contributed by atoms with van der Waals surface area (Å²) in [6, 6.07) is 10.3. The van der Waals surface area contributed by atoms with Crippen LogP contribution in [0.15, 0.2) is 24.3 Å². The fraction of sp³-hybridized carbons (Fsp3) is 0.562. The first-order chi connectivity index (χ1) is 9.60. The summed E-state index contributed by atoms with van der Waals surface area (Å²) in [6.45, 7) is 0.881. The first-order valence-electron chi connectivity index (χ1n) is 7.15. The number of anilines is 1. The molecule has 2 unspecified atom stereocenters. The molecule has 4 nitrogen and oxygen atoms in total. The number of methoxy groups -OCH3 is 1. The van der Waals surface area contributed by atoms with Crippen molar-refractivity contribution in [3.8, 4) is 11.8 Å². The summed E-state index contributed by atoms with van der Waals surface area (Å²) < 4.78 is 5.38. The molecule has 0 amide bonds. The molecule has 0 saturated heterocycles. The highest BCUT2D eigenvalue weighted by Crippen LogP contribution is 2.36. The summed E-state index contributed by atoms with van der Waals surface area (Å²) in [5, 5.41) is 9.25. The van der Waals surface area contributed by atoms with E-state index in [0.29, 0.717) is 5.92 Å². The lowest BCUT2D eigenvalue weighted by Crippen LogP contribution is -2.42. The molecule has 1 saturated carbocycles. The number of nitrogens with zero attached hydrogens (tertiary/aromatic N) is 2. The van der Waals surface area contributed by atoms with Gasteiger partial charge >= 0.3 is 0 Å². The Balaban J connectivity index is 1.99. The van der Waals surface area contributed by atoms with Crippen LogP contribution in [0, 0.1) is 17.2 Å². The van der Waals surface area contributed by atoms with E-state index in [1.807, 2.05) is 24.3 Å². The third-order valence-corrected chi connectivity index (χ3v) is 4.39. The predicted octanol–water partition coefficient (Wildman–Crippen LogP) is 2.54. The Hall–Kier alpha value is -1.73. The minimum absolute atomic E-state index is 0.296. The Morgan fingerprint density at radius 1 is 1.50 bits per heavy atom. The number of ether oxygens (including phenoxy) is 1. The fourth-order valence-electron chi connectivity index (χ4n) is 3.07. The summed E-state index contributed by atoms with van der Waals surface area (Å²) in [7, 11) is 3.74. The van der Waals surface area contributed by atoms with Crippen LogP contribution < -0.4 is 15.4 Å². The van der Waals surface area contributed by atoms with Crippen molar-refractivity contribution in [1.29, 1.82) is 5.26 Å². The van der Waals surface area contributed by atoms with Crippen molar-refractivity contribution in [2.45, 2.75) is 31.2 Å². The van der Waals surface area contributed by atoms with E-state index in [1.54, 1.807) is 7.11 Å².